The van der Waals surface area contributed by atoms with Crippen LogP contribution >= 0.6 is 11.9 Å². The van der Waals surface area contributed by atoms with Gasteiger partial charge in [-0.2, -0.15) is 13.2 Å². The molecule has 4 bridgehead atoms. The number of halogens is 3. The molecule has 0 radical (unpaired) electrons. The average molecular weight is 602 g/mol. The maximum absolute atomic E-state index is 13.5. The van der Waals surface area contributed by atoms with Gasteiger partial charge in [0.1, 0.15) is 11.6 Å². The van der Waals surface area contributed by atoms with E-state index in [1.54, 1.807) is 24.4 Å². The lowest BCUT2D eigenvalue weighted by molar-refractivity contribution is -0.190. The van der Waals surface area contributed by atoms with E-state index in [1.807, 2.05) is 24.3 Å². The summed E-state index contributed by atoms with van der Waals surface area (Å²) in [6.07, 6.45) is 0.515. The third-order valence-electron chi connectivity index (χ3n) is 8.50. The Morgan fingerprint density at radius 2 is 2.02 bits per heavy atom. The molecule has 42 heavy (non-hydrogen) atoms. The first-order chi connectivity index (χ1) is 20.0. The topological polar surface area (TPSA) is 81.5 Å². The van der Waals surface area contributed by atoms with E-state index in [1.165, 1.54) is 16.6 Å². The number of aromatic nitrogens is 3. The molecule has 1 atom stereocenters. The van der Waals surface area contributed by atoms with Gasteiger partial charge in [-0.05, 0) is 101 Å². The highest BCUT2D eigenvalue weighted by molar-refractivity contribution is 7.98. The van der Waals surface area contributed by atoms with E-state index < -0.39 is 11.6 Å². The minimum atomic E-state index is -4.21. The van der Waals surface area contributed by atoms with Gasteiger partial charge in [0.2, 0.25) is 5.88 Å². The smallest absolute Gasteiger partial charge is 0.394 e. The van der Waals surface area contributed by atoms with Crippen LogP contribution in [-0.2, 0) is 0 Å². The fraction of sp³-hybridized carbons (Fsp3) is 0.500. The quantitative estimate of drug-likeness (QED) is 0.331. The van der Waals surface area contributed by atoms with Crippen LogP contribution in [0.15, 0.2) is 53.6 Å². The molecule has 1 saturated heterocycles. The van der Waals surface area contributed by atoms with Crippen molar-refractivity contribution in [1.82, 2.24) is 19.5 Å². The van der Waals surface area contributed by atoms with Gasteiger partial charge in [0, 0.05) is 29.2 Å². The fourth-order valence-electron chi connectivity index (χ4n) is 5.94. The molecular weight excluding hydrogens is 567 g/mol. The summed E-state index contributed by atoms with van der Waals surface area (Å²) in [6, 6.07) is 12.7. The summed E-state index contributed by atoms with van der Waals surface area (Å²) in [7, 11) is 0. The first-order valence-electron chi connectivity index (χ1n) is 14.3. The van der Waals surface area contributed by atoms with Crippen molar-refractivity contribution in [3.05, 3.63) is 54.2 Å². The molecule has 3 aliphatic rings. The Labute approximate surface area is 247 Å². The SMILES string of the molecule is CC1(C)C[C@@H]2CCCOc3cccc(c3)SNC(=O)c3ccc(-n4ccc(OCCC5(C(F)(F)F)CC5)n4)nc3N1C2. The Kier molecular flexibility index (Phi) is 7.53. The summed E-state index contributed by atoms with van der Waals surface area (Å²) in [5.74, 6) is 2.20. The predicted molar refractivity (Wildman–Crippen MR) is 153 cm³/mol. The van der Waals surface area contributed by atoms with Crippen molar-refractivity contribution >= 4 is 23.7 Å². The van der Waals surface area contributed by atoms with Gasteiger partial charge in [0.05, 0.1) is 24.2 Å². The second kappa shape index (κ2) is 11.0. The molecule has 224 valence electrons. The molecule has 12 heteroatoms. The Morgan fingerprint density at radius 3 is 2.81 bits per heavy atom. The largest absolute Gasteiger partial charge is 0.494 e. The van der Waals surface area contributed by atoms with Crippen LogP contribution in [0, 0.1) is 11.3 Å². The molecule has 1 saturated carbocycles. The van der Waals surface area contributed by atoms with Crippen molar-refractivity contribution in [2.75, 3.05) is 24.7 Å². The first-order valence-corrected chi connectivity index (χ1v) is 15.1. The predicted octanol–water partition coefficient (Wildman–Crippen LogP) is 6.59. The van der Waals surface area contributed by atoms with Crippen LogP contribution in [0.4, 0.5) is 19.0 Å². The molecule has 3 aromatic rings. The van der Waals surface area contributed by atoms with E-state index in [-0.39, 0.29) is 43.2 Å². The van der Waals surface area contributed by atoms with Crippen LogP contribution in [0.2, 0.25) is 0 Å². The van der Waals surface area contributed by atoms with E-state index >= 15 is 0 Å². The van der Waals surface area contributed by atoms with Crippen LogP contribution in [0.3, 0.4) is 0 Å². The highest BCUT2D eigenvalue weighted by Crippen LogP contribution is 2.59. The van der Waals surface area contributed by atoms with Crippen LogP contribution in [0.1, 0.15) is 62.7 Å². The molecular formula is C30H34F3N5O3S. The lowest BCUT2D eigenvalue weighted by Crippen LogP contribution is -2.40. The summed E-state index contributed by atoms with van der Waals surface area (Å²) >= 11 is 1.22. The molecule has 0 unspecified atom stereocenters. The Hall–Kier alpha value is -3.41. The molecule has 6 rings (SSSR count). The Balaban J connectivity index is 1.25. The molecule has 0 spiro atoms. The zero-order valence-corrected chi connectivity index (χ0v) is 24.4. The number of carbonyl (C=O) groups excluding carboxylic acids is 1. The normalized spacial score (nSPS) is 21.4. The number of fused-ring (bicyclic) bond motifs is 6. The minimum Gasteiger partial charge on any atom is -0.494 e. The minimum absolute atomic E-state index is 0.0662. The Bertz CT molecular complexity index is 1460. The number of rotatable bonds is 5. The molecule has 8 nitrogen and oxygen atoms in total. The number of ether oxygens (including phenoxy) is 2. The molecule has 1 N–H and O–H groups in total. The number of anilines is 1. The standard InChI is InChI=1S/C30H34F3N5O3S/c1-28(2)18-20-5-4-15-40-21-6-3-7-22(17-21)42-36-27(39)23-8-9-24(34-26(23)37(28)19-20)38-14-10-25(35-38)41-16-13-29(11-12-29)30(31,32)33/h3,6-10,14,17,20H,4-5,11-13,15-16,18-19H2,1-2H3,(H,36,39)/t20-/m0/s1. The van der Waals surface area contributed by atoms with Gasteiger partial charge in [-0.15, -0.1) is 5.10 Å². The van der Waals surface area contributed by atoms with Crippen molar-refractivity contribution in [1.29, 1.82) is 0 Å². The van der Waals surface area contributed by atoms with Gasteiger partial charge in [0.15, 0.2) is 5.82 Å². The number of nitrogens with one attached hydrogen (secondary N) is 1. The highest BCUT2D eigenvalue weighted by atomic mass is 32.2. The monoisotopic (exact) mass is 601 g/mol. The maximum atomic E-state index is 13.5. The number of pyridine rings is 1. The zero-order chi connectivity index (χ0) is 29.5. The molecule has 4 heterocycles. The number of benzene rings is 1. The van der Waals surface area contributed by atoms with Gasteiger partial charge >= 0.3 is 6.18 Å². The van der Waals surface area contributed by atoms with Crippen LogP contribution < -0.4 is 19.1 Å². The van der Waals surface area contributed by atoms with E-state index in [0.29, 0.717) is 29.7 Å². The third-order valence-corrected chi connectivity index (χ3v) is 9.27. The lowest BCUT2D eigenvalue weighted by atomic mass is 9.93. The molecule has 1 aromatic carbocycles. The molecule has 1 aliphatic carbocycles. The number of nitrogens with zero attached hydrogens (tertiary/aromatic N) is 4. The maximum Gasteiger partial charge on any atom is 0.394 e. The summed E-state index contributed by atoms with van der Waals surface area (Å²) < 4.78 is 55.8. The molecule has 2 fully saturated rings. The van der Waals surface area contributed by atoms with Crippen LogP contribution in [-0.4, -0.2) is 52.1 Å². The summed E-state index contributed by atoms with van der Waals surface area (Å²) in [6.45, 7) is 5.63. The number of carbonyl (C=O) groups is 1. The van der Waals surface area contributed by atoms with E-state index in [9.17, 15) is 18.0 Å². The van der Waals surface area contributed by atoms with Gasteiger partial charge < -0.3 is 14.4 Å². The summed E-state index contributed by atoms with van der Waals surface area (Å²) in [4.78, 5) is 21.5. The summed E-state index contributed by atoms with van der Waals surface area (Å²) in [5, 5.41) is 4.41. The second-order valence-electron chi connectivity index (χ2n) is 12.0. The van der Waals surface area contributed by atoms with Crippen molar-refractivity contribution in [3.63, 3.8) is 0 Å². The fourth-order valence-corrected chi connectivity index (χ4v) is 6.58. The number of hydrogen-bond acceptors (Lipinski definition) is 7. The molecule has 2 aliphatic heterocycles. The van der Waals surface area contributed by atoms with Crippen LogP contribution in [0.25, 0.3) is 5.82 Å². The van der Waals surface area contributed by atoms with E-state index in [0.717, 1.165) is 36.5 Å². The van der Waals surface area contributed by atoms with Gasteiger partial charge in [-0.3, -0.25) is 9.52 Å². The Morgan fingerprint density at radius 1 is 1.19 bits per heavy atom. The van der Waals surface area contributed by atoms with Crippen LogP contribution in [0.5, 0.6) is 11.6 Å². The number of hydrogen-bond donors (Lipinski definition) is 1. The number of amides is 1. The lowest BCUT2D eigenvalue weighted by Gasteiger charge is -2.34. The van der Waals surface area contributed by atoms with E-state index in [4.69, 9.17) is 14.5 Å². The third kappa shape index (κ3) is 5.91. The van der Waals surface area contributed by atoms with Gasteiger partial charge in [0.25, 0.3) is 5.91 Å². The van der Waals surface area contributed by atoms with Crippen molar-refractivity contribution in [3.8, 4) is 17.4 Å². The molecule has 2 aromatic heterocycles. The molecule has 1 amide bonds. The highest BCUT2D eigenvalue weighted by Gasteiger charge is 2.62. The van der Waals surface area contributed by atoms with Crippen molar-refractivity contribution < 1.29 is 27.4 Å². The zero-order valence-electron chi connectivity index (χ0n) is 23.6. The van der Waals surface area contributed by atoms with Crippen molar-refractivity contribution in [2.45, 2.75) is 69.0 Å². The van der Waals surface area contributed by atoms with Gasteiger partial charge in [-0.25, -0.2) is 9.67 Å². The van der Waals surface area contributed by atoms with E-state index in [2.05, 4.69) is 28.6 Å². The van der Waals surface area contributed by atoms with Gasteiger partial charge in [-0.1, -0.05) is 6.07 Å². The first kappa shape index (κ1) is 28.7. The average Bonchev–Trinajstić information content (AvgIpc) is 3.50. The summed E-state index contributed by atoms with van der Waals surface area (Å²) in [5.41, 5.74) is -1.40. The number of alkyl halides is 3. The van der Waals surface area contributed by atoms with Crippen molar-refractivity contribution in [2.24, 2.45) is 11.3 Å². The second-order valence-corrected chi connectivity index (χ2v) is 12.9.